The molecule has 190 valence electrons. The summed E-state index contributed by atoms with van der Waals surface area (Å²) < 4.78 is 71.0. The predicted octanol–water partition coefficient (Wildman–Crippen LogP) is 4.08. The summed E-state index contributed by atoms with van der Waals surface area (Å²) in [5, 5.41) is 3.43. The molecule has 1 aliphatic heterocycles. The molecule has 3 aromatic rings. The number of fused-ring (bicyclic) bond motifs is 1. The second-order valence-corrected chi connectivity index (χ2v) is 14.2. The van der Waals surface area contributed by atoms with E-state index in [0.29, 0.717) is 47.1 Å². The fourth-order valence-electron chi connectivity index (χ4n) is 4.47. The van der Waals surface area contributed by atoms with Crippen molar-refractivity contribution in [3.05, 3.63) is 45.3 Å². The summed E-state index contributed by atoms with van der Waals surface area (Å²) in [6, 6.07) is 7.78. The molecule has 0 spiro atoms. The number of sulfonamides is 1. The molecule has 1 unspecified atom stereocenters. The molecule has 0 amide bonds. The first-order valence-corrected chi connectivity index (χ1v) is 15.9. The van der Waals surface area contributed by atoms with Gasteiger partial charge in [-0.25, -0.2) is 21.2 Å². The second kappa shape index (κ2) is 10.3. The Morgan fingerprint density at radius 2 is 2.00 bits per heavy atom. The van der Waals surface area contributed by atoms with Crippen molar-refractivity contribution in [2.75, 3.05) is 29.9 Å². The van der Waals surface area contributed by atoms with Crippen LogP contribution >= 0.6 is 22.6 Å². The maximum atomic E-state index is 13.5. The van der Waals surface area contributed by atoms with Crippen LogP contribution in [0.5, 0.6) is 0 Å². The van der Waals surface area contributed by atoms with Crippen LogP contribution in [0.1, 0.15) is 31.2 Å². The van der Waals surface area contributed by atoms with Gasteiger partial charge in [-0.15, -0.1) is 0 Å². The molecule has 1 aromatic carbocycles. The zero-order valence-electron chi connectivity index (χ0n) is 19.4. The summed E-state index contributed by atoms with van der Waals surface area (Å²) in [6.07, 6.45) is 3.20. The Balaban J connectivity index is 1.70. The standard InChI is InChI=1S/C23H27FIN3O5S2/c1-26-14-19-18-13-20(25)22(27-23(18)33-21(19)15-7-9-16(24)10-8-15)28(34(2,29)30)11-3-5-17-6-4-12-35(17,31)32/h7-10,13,17,26H,3-6,11-12,14H2,1-2H3. The molecule has 0 radical (unpaired) electrons. The van der Waals surface area contributed by atoms with E-state index in [1.807, 2.05) is 6.07 Å². The van der Waals surface area contributed by atoms with Crippen LogP contribution in [0.3, 0.4) is 0 Å². The Bertz CT molecular complexity index is 1440. The Hall–Kier alpha value is -1.77. The minimum Gasteiger partial charge on any atom is -0.437 e. The number of pyridine rings is 1. The van der Waals surface area contributed by atoms with Crippen LogP contribution in [0.25, 0.3) is 22.4 Å². The number of halogens is 2. The van der Waals surface area contributed by atoms with Crippen molar-refractivity contribution in [1.82, 2.24) is 10.3 Å². The van der Waals surface area contributed by atoms with Gasteiger partial charge in [-0.05, 0) is 85.7 Å². The molecule has 8 nitrogen and oxygen atoms in total. The summed E-state index contributed by atoms with van der Waals surface area (Å²) in [4.78, 5) is 4.58. The number of hydrogen-bond acceptors (Lipinski definition) is 7. The lowest BCUT2D eigenvalue weighted by Crippen LogP contribution is -2.33. The van der Waals surface area contributed by atoms with Crippen LogP contribution in [0.15, 0.2) is 34.7 Å². The number of sulfone groups is 1. The van der Waals surface area contributed by atoms with Gasteiger partial charge in [0.15, 0.2) is 15.7 Å². The fourth-order valence-corrected chi connectivity index (χ4v) is 8.23. The number of rotatable bonds is 9. The van der Waals surface area contributed by atoms with E-state index in [2.05, 4.69) is 32.9 Å². The van der Waals surface area contributed by atoms with E-state index in [1.165, 1.54) is 16.4 Å². The summed E-state index contributed by atoms with van der Waals surface area (Å²) in [5.74, 6) is 0.620. The summed E-state index contributed by atoms with van der Waals surface area (Å²) in [6.45, 7) is 0.594. The molecule has 2 aromatic heterocycles. The van der Waals surface area contributed by atoms with Gasteiger partial charge >= 0.3 is 0 Å². The van der Waals surface area contributed by atoms with Crippen LogP contribution in [-0.4, -0.2) is 52.7 Å². The smallest absolute Gasteiger partial charge is 0.233 e. The van der Waals surface area contributed by atoms with Gasteiger partial charge < -0.3 is 9.73 Å². The van der Waals surface area contributed by atoms with Crippen LogP contribution < -0.4 is 9.62 Å². The predicted molar refractivity (Wildman–Crippen MR) is 143 cm³/mol. The van der Waals surface area contributed by atoms with Crippen molar-refractivity contribution >= 4 is 59.4 Å². The summed E-state index contributed by atoms with van der Waals surface area (Å²) in [5.41, 5.74) is 1.80. The molecule has 0 saturated carbocycles. The van der Waals surface area contributed by atoms with E-state index in [4.69, 9.17) is 4.42 Å². The lowest BCUT2D eigenvalue weighted by molar-refractivity contribution is 0.573. The van der Waals surface area contributed by atoms with Crippen LogP contribution in [0.2, 0.25) is 0 Å². The Morgan fingerprint density at radius 3 is 2.60 bits per heavy atom. The number of furan rings is 1. The van der Waals surface area contributed by atoms with E-state index in [-0.39, 0.29) is 29.6 Å². The molecule has 1 saturated heterocycles. The second-order valence-electron chi connectivity index (χ2n) is 8.70. The van der Waals surface area contributed by atoms with Gasteiger partial charge in [0.1, 0.15) is 11.6 Å². The maximum Gasteiger partial charge on any atom is 0.233 e. The molecule has 0 aliphatic carbocycles. The monoisotopic (exact) mass is 635 g/mol. The highest BCUT2D eigenvalue weighted by Gasteiger charge is 2.31. The average Bonchev–Trinajstić information content (AvgIpc) is 3.30. The molecule has 1 atom stereocenters. The molecule has 12 heteroatoms. The van der Waals surface area contributed by atoms with Crippen molar-refractivity contribution in [1.29, 1.82) is 0 Å². The summed E-state index contributed by atoms with van der Waals surface area (Å²) >= 11 is 2.06. The fraction of sp³-hybridized carbons (Fsp3) is 0.435. The third-order valence-corrected chi connectivity index (χ3v) is 10.5. The van der Waals surface area contributed by atoms with Crippen LogP contribution in [-0.2, 0) is 26.4 Å². The largest absolute Gasteiger partial charge is 0.437 e. The van der Waals surface area contributed by atoms with E-state index in [9.17, 15) is 21.2 Å². The minimum atomic E-state index is -3.68. The first kappa shape index (κ1) is 26.3. The van der Waals surface area contributed by atoms with Crippen LogP contribution in [0, 0.1) is 9.39 Å². The molecule has 3 heterocycles. The maximum absolute atomic E-state index is 13.5. The third-order valence-electron chi connectivity index (χ3n) is 6.17. The first-order chi connectivity index (χ1) is 16.5. The quantitative estimate of drug-likeness (QED) is 0.353. The molecule has 1 fully saturated rings. The van der Waals surface area contributed by atoms with Gasteiger partial charge in [0.2, 0.25) is 15.7 Å². The molecular formula is C23H27FIN3O5S2. The molecular weight excluding hydrogens is 608 g/mol. The average molecular weight is 636 g/mol. The number of anilines is 1. The van der Waals surface area contributed by atoms with E-state index in [0.717, 1.165) is 17.2 Å². The molecule has 1 N–H and O–H groups in total. The molecule has 1 aliphatic rings. The third kappa shape index (κ3) is 5.65. The van der Waals surface area contributed by atoms with E-state index in [1.54, 1.807) is 19.2 Å². The molecule has 0 bridgehead atoms. The number of nitrogens with one attached hydrogen (secondary N) is 1. The van der Waals surface area contributed by atoms with E-state index >= 15 is 0 Å². The van der Waals surface area contributed by atoms with Gasteiger partial charge in [-0.1, -0.05) is 0 Å². The normalized spacial score (nSPS) is 17.8. The van der Waals surface area contributed by atoms with Crippen molar-refractivity contribution in [2.45, 2.75) is 37.5 Å². The topological polar surface area (TPSA) is 110 Å². The highest BCUT2D eigenvalue weighted by molar-refractivity contribution is 14.1. The SMILES string of the molecule is CNCc1c(-c2ccc(F)cc2)oc2nc(N(CCCC3CCCS3(=O)=O)S(C)(=O)=O)c(I)cc12. The van der Waals surface area contributed by atoms with Crippen molar-refractivity contribution in [2.24, 2.45) is 0 Å². The molecule has 35 heavy (non-hydrogen) atoms. The molecule has 4 rings (SSSR count). The van der Waals surface area contributed by atoms with Gasteiger partial charge in [-0.3, -0.25) is 4.31 Å². The van der Waals surface area contributed by atoms with E-state index < -0.39 is 25.1 Å². The van der Waals surface area contributed by atoms with Gasteiger partial charge in [0.25, 0.3) is 0 Å². The minimum absolute atomic E-state index is 0.119. The number of hydrogen-bond donors (Lipinski definition) is 1. The lowest BCUT2D eigenvalue weighted by Gasteiger charge is -2.23. The lowest BCUT2D eigenvalue weighted by atomic mass is 10.1. The van der Waals surface area contributed by atoms with Crippen LogP contribution in [0.4, 0.5) is 10.2 Å². The Morgan fingerprint density at radius 1 is 1.29 bits per heavy atom. The van der Waals surface area contributed by atoms with Gasteiger partial charge in [-0.2, -0.15) is 4.98 Å². The van der Waals surface area contributed by atoms with Crippen molar-refractivity contribution < 1.29 is 25.6 Å². The van der Waals surface area contributed by atoms with Gasteiger partial charge in [0.05, 0.1) is 20.8 Å². The van der Waals surface area contributed by atoms with Crippen molar-refractivity contribution in [3.63, 3.8) is 0 Å². The number of benzene rings is 1. The Labute approximate surface area is 218 Å². The zero-order chi connectivity index (χ0) is 25.4. The summed E-state index contributed by atoms with van der Waals surface area (Å²) in [7, 11) is -4.97. The number of nitrogens with zero attached hydrogens (tertiary/aromatic N) is 2. The first-order valence-electron chi connectivity index (χ1n) is 11.2. The highest BCUT2D eigenvalue weighted by atomic mass is 127. The van der Waals surface area contributed by atoms with Gasteiger partial charge in [0, 0.05) is 29.6 Å². The van der Waals surface area contributed by atoms with Crippen molar-refractivity contribution in [3.8, 4) is 11.3 Å². The Kier molecular flexibility index (Phi) is 7.74. The highest BCUT2D eigenvalue weighted by Crippen LogP contribution is 2.36. The zero-order valence-corrected chi connectivity index (χ0v) is 23.2. The number of aromatic nitrogens is 1.